The largest absolute Gasteiger partial charge is 0.493 e. The van der Waals surface area contributed by atoms with Gasteiger partial charge < -0.3 is 19.1 Å². The van der Waals surface area contributed by atoms with Gasteiger partial charge in [-0.25, -0.2) is 0 Å². The van der Waals surface area contributed by atoms with Crippen molar-refractivity contribution in [3.63, 3.8) is 0 Å². The van der Waals surface area contributed by atoms with Gasteiger partial charge in [0.15, 0.2) is 17.3 Å². The number of nitrogens with zero attached hydrogens (tertiary/aromatic N) is 1. The van der Waals surface area contributed by atoms with Crippen LogP contribution in [0.25, 0.3) is 5.70 Å². The molecule has 1 aliphatic rings. The summed E-state index contributed by atoms with van der Waals surface area (Å²) in [5.41, 5.74) is 2.33. The molecule has 142 valence electrons. The first-order valence-corrected chi connectivity index (χ1v) is 9.07. The molecule has 0 amide bonds. The first kappa shape index (κ1) is 19.3. The number of rotatable bonds is 6. The first-order chi connectivity index (χ1) is 13.1. The highest BCUT2D eigenvalue weighted by molar-refractivity contribution is 6.30. The van der Waals surface area contributed by atoms with Gasteiger partial charge in [-0.05, 0) is 35.9 Å². The lowest BCUT2D eigenvalue weighted by molar-refractivity contribution is 0.0637. The Morgan fingerprint density at radius 2 is 1.63 bits per heavy atom. The average Bonchev–Trinajstić information content (AvgIpc) is 2.72. The molecule has 1 saturated heterocycles. The number of morpholine rings is 1. The van der Waals surface area contributed by atoms with Crippen molar-refractivity contribution in [2.45, 2.75) is 0 Å². The highest BCUT2D eigenvalue weighted by Gasteiger charge is 2.18. The van der Waals surface area contributed by atoms with Gasteiger partial charge in [-0.3, -0.25) is 4.79 Å². The Bertz CT molecular complexity index is 827. The minimum atomic E-state index is -0.104. The topological polar surface area (TPSA) is 48.0 Å². The average molecular weight is 388 g/mol. The first-order valence-electron chi connectivity index (χ1n) is 8.69. The summed E-state index contributed by atoms with van der Waals surface area (Å²) in [6, 6.07) is 12.7. The number of ether oxygens (including phenoxy) is 3. The number of halogens is 1. The van der Waals surface area contributed by atoms with E-state index in [-0.39, 0.29) is 5.78 Å². The Balaban J connectivity index is 1.96. The molecular formula is C21H22ClNO4. The summed E-state index contributed by atoms with van der Waals surface area (Å²) in [5, 5.41) is 0.659. The summed E-state index contributed by atoms with van der Waals surface area (Å²) in [6.45, 7) is 2.73. The molecule has 0 unspecified atom stereocenters. The van der Waals surface area contributed by atoms with Crippen molar-refractivity contribution in [2.24, 2.45) is 0 Å². The van der Waals surface area contributed by atoms with Crippen LogP contribution >= 0.6 is 11.6 Å². The quantitative estimate of drug-likeness (QED) is 0.555. The number of allylic oxidation sites excluding steroid dienone is 1. The van der Waals surface area contributed by atoms with Crippen LogP contribution in [0.4, 0.5) is 0 Å². The second-order valence-electron chi connectivity index (χ2n) is 6.07. The van der Waals surface area contributed by atoms with Crippen LogP contribution in [-0.2, 0) is 4.74 Å². The number of carbonyl (C=O) groups excluding carboxylic acids is 1. The van der Waals surface area contributed by atoms with Crippen molar-refractivity contribution < 1.29 is 19.0 Å². The van der Waals surface area contributed by atoms with E-state index in [0.29, 0.717) is 35.3 Å². The number of hydrogen-bond donors (Lipinski definition) is 0. The van der Waals surface area contributed by atoms with Gasteiger partial charge in [-0.2, -0.15) is 0 Å². The van der Waals surface area contributed by atoms with Crippen LogP contribution in [0.15, 0.2) is 48.5 Å². The summed E-state index contributed by atoms with van der Waals surface area (Å²) >= 11 is 6.02. The molecule has 0 spiro atoms. The van der Waals surface area contributed by atoms with E-state index in [4.69, 9.17) is 25.8 Å². The van der Waals surface area contributed by atoms with Gasteiger partial charge >= 0.3 is 0 Å². The predicted octanol–water partition coefficient (Wildman–Crippen LogP) is 3.91. The summed E-state index contributed by atoms with van der Waals surface area (Å²) in [4.78, 5) is 15.1. The third kappa shape index (κ3) is 4.62. The highest BCUT2D eigenvalue weighted by atomic mass is 35.5. The molecule has 2 aromatic rings. The lowest BCUT2D eigenvalue weighted by Crippen LogP contribution is -2.35. The number of benzene rings is 2. The maximum absolute atomic E-state index is 12.9. The standard InChI is InChI=1S/C21H22ClNO4/c1-25-20-8-5-16(13-21(20)26-2)19(24)14-18(23-9-11-27-12-10-23)15-3-6-17(22)7-4-15/h3-8,13-14H,9-12H2,1-2H3. The van der Waals surface area contributed by atoms with Crippen LogP contribution < -0.4 is 9.47 Å². The van der Waals surface area contributed by atoms with E-state index in [0.717, 1.165) is 24.4 Å². The molecule has 0 aromatic heterocycles. The zero-order chi connectivity index (χ0) is 19.2. The molecule has 1 aliphatic heterocycles. The molecule has 0 radical (unpaired) electrons. The van der Waals surface area contributed by atoms with Crippen LogP contribution in [0.2, 0.25) is 5.02 Å². The molecule has 1 fully saturated rings. The van der Waals surface area contributed by atoms with E-state index in [1.807, 2.05) is 24.3 Å². The normalized spacial score (nSPS) is 14.8. The van der Waals surface area contributed by atoms with Crippen LogP contribution in [0.1, 0.15) is 15.9 Å². The van der Waals surface area contributed by atoms with Crippen molar-refractivity contribution >= 4 is 23.1 Å². The van der Waals surface area contributed by atoms with Crippen LogP contribution in [0, 0.1) is 0 Å². The van der Waals surface area contributed by atoms with Crippen molar-refractivity contribution in [1.82, 2.24) is 4.90 Å². The number of methoxy groups -OCH3 is 2. The molecule has 0 saturated carbocycles. The zero-order valence-corrected chi connectivity index (χ0v) is 16.2. The fourth-order valence-electron chi connectivity index (χ4n) is 2.98. The third-order valence-electron chi connectivity index (χ3n) is 4.43. The maximum atomic E-state index is 12.9. The minimum absolute atomic E-state index is 0.104. The third-order valence-corrected chi connectivity index (χ3v) is 4.68. The summed E-state index contributed by atoms with van der Waals surface area (Å²) in [6.07, 6.45) is 1.66. The second kappa shape index (κ2) is 8.93. The number of hydrogen-bond acceptors (Lipinski definition) is 5. The molecule has 0 bridgehead atoms. The Kier molecular flexibility index (Phi) is 6.37. The Morgan fingerprint density at radius 1 is 1.00 bits per heavy atom. The van der Waals surface area contributed by atoms with Gasteiger partial charge in [-0.1, -0.05) is 23.7 Å². The van der Waals surface area contributed by atoms with Crippen molar-refractivity contribution in [1.29, 1.82) is 0 Å². The van der Waals surface area contributed by atoms with Gasteiger partial charge in [0.25, 0.3) is 0 Å². The van der Waals surface area contributed by atoms with Crippen molar-refractivity contribution in [2.75, 3.05) is 40.5 Å². The van der Waals surface area contributed by atoms with Gasteiger partial charge in [0, 0.05) is 35.4 Å². The summed E-state index contributed by atoms with van der Waals surface area (Å²) < 4.78 is 16.0. The summed E-state index contributed by atoms with van der Waals surface area (Å²) in [5.74, 6) is 1.01. The molecule has 0 atom stereocenters. The molecule has 27 heavy (non-hydrogen) atoms. The SMILES string of the molecule is COc1ccc(C(=O)C=C(c2ccc(Cl)cc2)N2CCOCC2)cc1OC. The fraction of sp³-hybridized carbons (Fsp3) is 0.286. The Labute approximate surface area is 164 Å². The molecule has 2 aromatic carbocycles. The maximum Gasteiger partial charge on any atom is 0.188 e. The van der Waals surface area contributed by atoms with Crippen LogP contribution in [0.5, 0.6) is 11.5 Å². The second-order valence-corrected chi connectivity index (χ2v) is 6.51. The van der Waals surface area contributed by atoms with E-state index < -0.39 is 0 Å². The van der Waals surface area contributed by atoms with Crippen molar-refractivity contribution in [3.05, 3.63) is 64.7 Å². The molecule has 5 nitrogen and oxygen atoms in total. The number of carbonyl (C=O) groups is 1. The van der Waals surface area contributed by atoms with E-state index in [1.54, 1.807) is 38.5 Å². The smallest absolute Gasteiger partial charge is 0.188 e. The molecule has 0 aliphatic carbocycles. The zero-order valence-electron chi connectivity index (χ0n) is 15.4. The molecule has 3 rings (SSSR count). The van der Waals surface area contributed by atoms with E-state index in [2.05, 4.69) is 4.90 Å². The van der Waals surface area contributed by atoms with E-state index >= 15 is 0 Å². The van der Waals surface area contributed by atoms with E-state index in [9.17, 15) is 4.79 Å². The number of ketones is 1. The molecular weight excluding hydrogens is 366 g/mol. The van der Waals surface area contributed by atoms with Gasteiger partial charge in [0.2, 0.25) is 0 Å². The van der Waals surface area contributed by atoms with Crippen molar-refractivity contribution in [3.8, 4) is 11.5 Å². The highest BCUT2D eigenvalue weighted by Crippen LogP contribution is 2.29. The van der Waals surface area contributed by atoms with E-state index in [1.165, 1.54) is 0 Å². The molecule has 6 heteroatoms. The lowest BCUT2D eigenvalue weighted by Gasteiger charge is -2.31. The molecule has 0 N–H and O–H groups in total. The van der Waals surface area contributed by atoms with Gasteiger partial charge in [0.1, 0.15) is 0 Å². The lowest BCUT2D eigenvalue weighted by atomic mass is 10.0. The Morgan fingerprint density at radius 3 is 2.26 bits per heavy atom. The molecule has 1 heterocycles. The fourth-order valence-corrected chi connectivity index (χ4v) is 3.11. The Hall–Kier alpha value is -2.50. The monoisotopic (exact) mass is 387 g/mol. The van der Waals surface area contributed by atoms with Crippen LogP contribution in [-0.4, -0.2) is 51.2 Å². The predicted molar refractivity (Wildman–Crippen MR) is 106 cm³/mol. The minimum Gasteiger partial charge on any atom is -0.493 e. The van der Waals surface area contributed by atoms with Gasteiger partial charge in [0.05, 0.1) is 27.4 Å². The summed E-state index contributed by atoms with van der Waals surface area (Å²) in [7, 11) is 3.12. The van der Waals surface area contributed by atoms with Gasteiger partial charge in [-0.15, -0.1) is 0 Å². The van der Waals surface area contributed by atoms with Crippen LogP contribution in [0.3, 0.4) is 0 Å².